The van der Waals surface area contributed by atoms with Crippen molar-refractivity contribution >= 4 is 0 Å². The number of aliphatic hydroxyl groups is 4. The highest BCUT2D eigenvalue weighted by Gasteiger charge is 2.31. The Morgan fingerprint density at radius 2 is 0.773 bits per heavy atom. The Morgan fingerprint density at radius 1 is 0.545 bits per heavy atom. The van der Waals surface area contributed by atoms with Gasteiger partial charge in [0.1, 0.15) is 24.4 Å². The van der Waals surface area contributed by atoms with Gasteiger partial charge in [-0.05, 0) is 47.2 Å². The molecule has 0 aromatic heterocycles. The zero-order valence-electron chi connectivity index (χ0n) is 12.6. The first kappa shape index (κ1) is 15.2. The molecule has 2 aromatic rings. The molecule has 0 radical (unpaired) electrons. The van der Waals surface area contributed by atoms with Crippen molar-refractivity contribution in [3.05, 3.63) is 69.8 Å². The van der Waals surface area contributed by atoms with Gasteiger partial charge in [-0.15, -0.1) is 0 Å². The van der Waals surface area contributed by atoms with Gasteiger partial charge in [-0.1, -0.05) is 36.4 Å². The van der Waals surface area contributed by atoms with Gasteiger partial charge in [-0.2, -0.15) is 0 Å². The van der Waals surface area contributed by atoms with Crippen LogP contribution in [0.15, 0.2) is 36.4 Å². The molecule has 4 unspecified atom stereocenters. The third-order valence-electron chi connectivity index (χ3n) is 4.71. The van der Waals surface area contributed by atoms with Crippen LogP contribution in [0.2, 0.25) is 0 Å². The quantitative estimate of drug-likeness (QED) is 0.601. The molecule has 22 heavy (non-hydrogen) atoms. The molecule has 4 bridgehead atoms. The van der Waals surface area contributed by atoms with E-state index in [0.717, 1.165) is 0 Å². The lowest BCUT2D eigenvalue weighted by atomic mass is 9.83. The lowest BCUT2D eigenvalue weighted by molar-refractivity contribution is 0.00734. The fourth-order valence-electron chi connectivity index (χ4n) is 3.31. The third-order valence-corrected chi connectivity index (χ3v) is 4.71. The predicted octanol–water partition coefficient (Wildman–Crippen LogP) is 2.15. The fourth-order valence-corrected chi connectivity index (χ4v) is 3.31. The summed E-state index contributed by atoms with van der Waals surface area (Å²) in [4.78, 5) is 0. The van der Waals surface area contributed by atoms with Crippen molar-refractivity contribution in [2.45, 2.75) is 38.3 Å². The van der Waals surface area contributed by atoms with Crippen molar-refractivity contribution in [1.29, 1.82) is 0 Å². The molecule has 4 atom stereocenters. The molecular weight excluding hydrogens is 280 g/mol. The molecule has 1 aliphatic carbocycles. The van der Waals surface area contributed by atoms with E-state index in [0.29, 0.717) is 33.4 Å². The Morgan fingerprint density at radius 3 is 1.00 bits per heavy atom. The van der Waals surface area contributed by atoms with Crippen LogP contribution in [0.4, 0.5) is 0 Å². The van der Waals surface area contributed by atoms with Crippen LogP contribution in [-0.4, -0.2) is 20.4 Å². The maximum atomic E-state index is 10.5. The van der Waals surface area contributed by atoms with Crippen LogP contribution < -0.4 is 0 Å². The molecule has 0 fully saturated rings. The molecule has 116 valence electrons. The number of aliphatic hydroxyl groups excluding tert-OH is 4. The fraction of sp³-hybridized carbons (Fsp3) is 0.333. The average molecular weight is 300 g/mol. The zero-order valence-corrected chi connectivity index (χ0v) is 12.6. The van der Waals surface area contributed by atoms with Crippen LogP contribution in [0.3, 0.4) is 0 Å². The van der Waals surface area contributed by atoms with E-state index >= 15 is 0 Å². The zero-order chi connectivity index (χ0) is 16.0. The molecule has 0 amide bonds. The first-order chi connectivity index (χ1) is 10.4. The van der Waals surface area contributed by atoms with E-state index in [1.165, 1.54) is 0 Å². The third kappa shape index (κ3) is 2.16. The first-order valence-corrected chi connectivity index (χ1v) is 7.34. The van der Waals surface area contributed by atoms with E-state index in [1.54, 1.807) is 50.2 Å². The van der Waals surface area contributed by atoms with Gasteiger partial charge in [0.2, 0.25) is 0 Å². The molecule has 0 saturated carbocycles. The van der Waals surface area contributed by atoms with Crippen LogP contribution >= 0.6 is 0 Å². The minimum absolute atomic E-state index is 0.558. The molecule has 4 N–H and O–H groups in total. The van der Waals surface area contributed by atoms with Crippen LogP contribution in [0, 0.1) is 13.8 Å². The highest BCUT2D eigenvalue weighted by molar-refractivity contribution is 5.44. The monoisotopic (exact) mass is 300 g/mol. The largest absolute Gasteiger partial charge is 0.385 e. The van der Waals surface area contributed by atoms with Gasteiger partial charge < -0.3 is 20.4 Å². The van der Waals surface area contributed by atoms with E-state index in [9.17, 15) is 20.4 Å². The average Bonchev–Trinajstić information content (AvgIpc) is 2.52. The summed E-state index contributed by atoms with van der Waals surface area (Å²) in [5.74, 6) is 0. The molecule has 0 aliphatic heterocycles. The summed E-state index contributed by atoms with van der Waals surface area (Å²) >= 11 is 0. The molecule has 4 heteroatoms. The number of hydrogen-bond acceptors (Lipinski definition) is 4. The maximum Gasteiger partial charge on any atom is 0.109 e. The van der Waals surface area contributed by atoms with Crippen LogP contribution in [0.5, 0.6) is 0 Å². The van der Waals surface area contributed by atoms with Crippen molar-refractivity contribution in [2.24, 2.45) is 0 Å². The van der Waals surface area contributed by atoms with E-state index in [4.69, 9.17) is 0 Å². The normalized spacial score (nSPS) is 27.5. The molecule has 0 saturated heterocycles. The Hall–Kier alpha value is -1.72. The summed E-state index contributed by atoms with van der Waals surface area (Å²) in [6.07, 6.45) is -4.35. The van der Waals surface area contributed by atoms with Crippen molar-refractivity contribution < 1.29 is 20.4 Å². The van der Waals surface area contributed by atoms with Crippen molar-refractivity contribution in [2.75, 3.05) is 0 Å². The predicted molar refractivity (Wildman–Crippen MR) is 82.2 cm³/mol. The van der Waals surface area contributed by atoms with E-state index in [-0.39, 0.29) is 0 Å². The topological polar surface area (TPSA) is 80.9 Å². The summed E-state index contributed by atoms with van der Waals surface area (Å²) in [5, 5.41) is 42.2. The van der Waals surface area contributed by atoms with Gasteiger partial charge in [0.15, 0.2) is 0 Å². The molecular formula is C18H20O4. The van der Waals surface area contributed by atoms with E-state index < -0.39 is 24.4 Å². The second kappa shape index (κ2) is 5.48. The van der Waals surface area contributed by atoms with E-state index in [2.05, 4.69) is 0 Å². The van der Waals surface area contributed by atoms with Gasteiger partial charge in [0, 0.05) is 0 Å². The Balaban J connectivity index is 2.30. The summed E-state index contributed by atoms with van der Waals surface area (Å²) < 4.78 is 0. The lowest BCUT2D eigenvalue weighted by Crippen LogP contribution is -2.20. The summed E-state index contributed by atoms with van der Waals surface area (Å²) in [5.41, 5.74) is 3.60. The van der Waals surface area contributed by atoms with Gasteiger partial charge in [-0.25, -0.2) is 0 Å². The van der Waals surface area contributed by atoms with Crippen LogP contribution in [0.25, 0.3) is 0 Å². The summed E-state index contributed by atoms with van der Waals surface area (Å²) in [7, 11) is 0. The molecule has 1 aliphatic rings. The minimum atomic E-state index is -1.09. The molecule has 2 aromatic carbocycles. The second-order valence-electron chi connectivity index (χ2n) is 5.90. The number of rotatable bonds is 0. The van der Waals surface area contributed by atoms with Crippen molar-refractivity contribution in [3.63, 3.8) is 0 Å². The van der Waals surface area contributed by atoms with Crippen LogP contribution in [-0.2, 0) is 0 Å². The summed E-state index contributed by atoms with van der Waals surface area (Å²) in [6.45, 7) is 3.55. The molecule has 0 heterocycles. The highest BCUT2D eigenvalue weighted by Crippen LogP contribution is 2.41. The number of fused-ring (bicyclic) bond motifs is 4. The minimum Gasteiger partial charge on any atom is -0.385 e. The van der Waals surface area contributed by atoms with Crippen molar-refractivity contribution in [3.8, 4) is 0 Å². The van der Waals surface area contributed by atoms with Gasteiger partial charge in [0.05, 0.1) is 0 Å². The standard InChI is InChI=1S/C18H20O4/c1-9-11-5-3-6-12(9)16(20)18(22)14-8-4-7-13(10(14)2)17(21)15(11)19/h3-8,15-22H,1-2H3. The van der Waals surface area contributed by atoms with Crippen LogP contribution in [0.1, 0.15) is 57.8 Å². The Bertz CT molecular complexity index is 596. The smallest absolute Gasteiger partial charge is 0.109 e. The lowest BCUT2D eigenvalue weighted by Gasteiger charge is -2.29. The second-order valence-corrected chi connectivity index (χ2v) is 5.90. The van der Waals surface area contributed by atoms with Gasteiger partial charge in [0.25, 0.3) is 0 Å². The summed E-state index contributed by atoms with van der Waals surface area (Å²) in [6, 6.07) is 10.3. The SMILES string of the molecule is Cc1c2cccc1C(O)C(O)c1cccc(c1C)C(O)C2O. The molecule has 0 spiro atoms. The Labute approximate surface area is 129 Å². The first-order valence-electron chi connectivity index (χ1n) is 7.34. The number of hydrogen-bond donors (Lipinski definition) is 4. The van der Waals surface area contributed by atoms with Gasteiger partial charge in [-0.3, -0.25) is 0 Å². The molecule has 3 rings (SSSR count). The highest BCUT2D eigenvalue weighted by atomic mass is 16.3. The van der Waals surface area contributed by atoms with Crippen molar-refractivity contribution in [1.82, 2.24) is 0 Å². The molecule has 4 nitrogen and oxygen atoms in total. The maximum absolute atomic E-state index is 10.5. The Kier molecular flexibility index (Phi) is 3.78. The van der Waals surface area contributed by atoms with E-state index in [1.807, 2.05) is 0 Å². The van der Waals surface area contributed by atoms with Gasteiger partial charge >= 0.3 is 0 Å². The number of benzene rings is 2.